The van der Waals surface area contributed by atoms with Crippen LogP contribution >= 0.6 is 17.0 Å². The summed E-state index contributed by atoms with van der Waals surface area (Å²) in [4.78, 5) is 8.25. The van der Waals surface area contributed by atoms with Gasteiger partial charge in [0.05, 0.1) is 5.09 Å². The standard InChI is InChI=1S/BrH.NO3.H2O4S/c;2-1(3)4;1-5(2,3)4/h1H;;(H2,1,2,3,4)/q;-1;. The van der Waals surface area contributed by atoms with Gasteiger partial charge in [-0.15, -0.1) is 17.0 Å². The highest BCUT2D eigenvalue weighted by molar-refractivity contribution is 8.93. The molecule has 0 bridgehead atoms. The van der Waals surface area contributed by atoms with Crippen molar-refractivity contribution >= 4 is 27.4 Å². The second-order valence-corrected chi connectivity index (χ2v) is 1.57. The molecule has 0 aromatic rings. The van der Waals surface area contributed by atoms with Gasteiger partial charge in [-0.3, -0.25) is 9.11 Å². The lowest BCUT2D eigenvalue weighted by atomic mass is 13.1. The molecule has 8 nitrogen and oxygen atoms in total. The topological polar surface area (TPSA) is 141 Å². The van der Waals surface area contributed by atoms with Gasteiger partial charge >= 0.3 is 10.4 Å². The van der Waals surface area contributed by atoms with Gasteiger partial charge in [-0.2, -0.15) is 8.42 Å². The molecule has 0 aromatic heterocycles. The Kier molecular flexibility index (Phi) is 10.8. The summed E-state index contributed by atoms with van der Waals surface area (Å²) in [5.74, 6) is 0. The highest BCUT2D eigenvalue weighted by Crippen LogP contribution is 1.59. The average Bonchev–Trinajstić information content (AvgIpc) is 1.19. The smallest absolute Gasteiger partial charge is 0.356 e. The van der Waals surface area contributed by atoms with Gasteiger partial charge < -0.3 is 15.3 Å². The zero-order chi connectivity index (χ0) is 8.08. The molecule has 0 saturated heterocycles. The van der Waals surface area contributed by atoms with E-state index in [4.69, 9.17) is 32.8 Å². The maximum absolute atomic E-state index is 8.74. The molecular formula is H3BrNO7S-. The van der Waals surface area contributed by atoms with Crippen molar-refractivity contribution in [2.75, 3.05) is 0 Å². The van der Waals surface area contributed by atoms with E-state index >= 15 is 0 Å². The van der Waals surface area contributed by atoms with Crippen LogP contribution in [0.3, 0.4) is 0 Å². The molecule has 0 fully saturated rings. The zero-order valence-corrected chi connectivity index (χ0v) is 6.73. The van der Waals surface area contributed by atoms with Gasteiger partial charge in [0.25, 0.3) is 0 Å². The predicted molar refractivity (Wildman–Crippen MR) is 34.9 cm³/mol. The van der Waals surface area contributed by atoms with Gasteiger partial charge in [0.2, 0.25) is 0 Å². The van der Waals surface area contributed by atoms with Crippen LogP contribution in [-0.4, -0.2) is 22.6 Å². The predicted octanol–water partition coefficient (Wildman–Crippen LogP) is -0.314. The average molecular weight is 241 g/mol. The van der Waals surface area contributed by atoms with E-state index in [0.717, 1.165) is 0 Å². The van der Waals surface area contributed by atoms with E-state index in [9.17, 15) is 0 Å². The minimum absolute atomic E-state index is 0. The highest BCUT2D eigenvalue weighted by Gasteiger charge is 1.84. The molecule has 0 radical (unpaired) electrons. The lowest BCUT2D eigenvalue weighted by molar-refractivity contribution is -0.402. The monoisotopic (exact) mass is 240 g/mol. The molecule has 0 aliphatic rings. The van der Waals surface area contributed by atoms with Crippen LogP contribution in [0, 0.1) is 15.3 Å². The largest absolute Gasteiger partial charge is 0.394 e. The first kappa shape index (κ1) is 16.3. The molecule has 0 aliphatic heterocycles. The van der Waals surface area contributed by atoms with Gasteiger partial charge in [-0.05, 0) is 0 Å². The van der Waals surface area contributed by atoms with Gasteiger partial charge in [0, 0.05) is 0 Å². The first-order chi connectivity index (χ1) is 3.73. The van der Waals surface area contributed by atoms with Crippen LogP contribution in [0.5, 0.6) is 0 Å². The van der Waals surface area contributed by atoms with Crippen LogP contribution in [-0.2, 0) is 10.4 Å². The minimum Gasteiger partial charge on any atom is -0.356 e. The minimum atomic E-state index is -4.67. The Bertz CT molecular complexity index is 156. The molecule has 0 aliphatic carbocycles. The lowest BCUT2D eigenvalue weighted by Crippen LogP contribution is -1.89. The fourth-order valence-electron chi connectivity index (χ4n) is 0. The Labute approximate surface area is 65.9 Å². The summed E-state index contributed by atoms with van der Waals surface area (Å²) in [5, 5.41) is 14.8. The fraction of sp³-hybridized carbons (Fsp3) is 0. The van der Waals surface area contributed by atoms with Crippen molar-refractivity contribution in [3.63, 3.8) is 0 Å². The Morgan fingerprint density at radius 1 is 1.20 bits per heavy atom. The molecule has 0 amide bonds. The summed E-state index contributed by atoms with van der Waals surface area (Å²) < 4.78 is 31.6. The molecule has 10 heteroatoms. The van der Waals surface area contributed by atoms with Crippen LogP contribution < -0.4 is 0 Å². The highest BCUT2D eigenvalue weighted by atomic mass is 79.9. The van der Waals surface area contributed by atoms with Crippen molar-refractivity contribution in [2.45, 2.75) is 0 Å². The van der Waals surface area contributed by atoms with E-state index in [1.165, 1.54) is 0 Å². The molecule has 0 atom stereocenters. The van der Waals surface area contributed by atoms with Gasteiger partial charge in [-0.25, -0.2) is 0 Å². The normalized spacial score (nSPS) is 8.20. The molecule has 0 spiro atoms. The van der Waals surface area contributed by atoms with E-state index in [0.29, 0.717) is 0 Å². The summed E-state index contributed by atoms with van der Waals surface area (Å²) in [5.41, 5.74) is 0. The Balaban J connectivity index is -0.0000000910. The third kappa shape index (κ3) is 1600. The zero-order valence-electron chi connectivity index (χ0n) is 4.20. The number of hydrogen-bond donors (Lipinski definition) is 2. The lowest BCUT2D eigenvalue weighted by Gasteiger charge is -1.74. The van der Waals surface area contributed by atoms with Crippen LogP contribution in [0.2, 0.25) is 0 Å². The van der Waals surface area contributed by atoms with Crippen molar-refractivity contribution in [2.24, 2.45) is 0 Å². The SMILES string of the molecule is Br.O=S(=O)(O)O.O=[N+]([O-])[O-]. The summed E-state index contributed by atoms with van der Waals surface area (Å²) in [7, 11) is -4.67. The molecule has 0 saturated carbocycles. The molecule has 0 unspecified atom stereocenters. The first-order valence-corrected chi connectivity index (χ1v) is 2.64. The maximum atomic E-state index is 8.74. The van der Waals surface area contributed by atoms with Gasteiger partial charge in [0.15, 0.2) is 0 Å². The summed E-state index contributed by atoms with van der Waals surface area (Å²) in [6.07, 6.45) is 0. The van der Waals surface area contributed by atoms with E-state index in [1.54, 1.807) is 0 Å². The van der Waals surface area contributed by atoms with Crippen molar-refractivity contribution < 1.29 is 22.6 Å². The number of nitrogens with zero attached hydrogens (tertiary/aromatic N) is 1. The Morgan fingerprint density at radius 2 is 1.20 bits per heavy atom. The molecule has 10 heavy (non-hydrogen) atoms. The Hall–Kier alpha value is -0.450. The third-order valence-corrected chi connectivity index (χ3v) is 0. The molecule has 0 rings (SSSR count). The molecule has 0 heterocycles. The van der Waals surface area contributed by atoms with Crippen molar-refractivity contribution in [1.82, 2.24) is 0 Å². The third-order valence-electron chi connectivity index (χ3n) is 0. The quantitative estimate of drug-likeness (QED) is 0.336. The first-order valence-electron chi connectivity index (χ1n) is 1.25. The van der Waals surface area contributed by atoms with E-state index in [1.807, 2.05) is 0 Å². The van der Waals surface area contributed by atoms with Gasteiger partial charge in [-0.1, -0.05) is 0 Å². The van der Waals surface area contributed by atoms with E-state index in [2.05, 4.69) is 0 Å². The molecular weight excluding hydrogens is 238 g/mol. The second kappa shape index (κ2) is 6.67. The molecule has 64 valence electrons. The summed E-state index contributed by atoms with van der Waals surface area (Å²) in [6, 6.07) is 0. The molecule has 0 aromatic carbocycles. The van der Waals surface area contributed by atoms with E-state index in [-0.39, 0.29) is 17.0 Å². The van der Waals surface area contributed by atoms with Crippen molar-refractivity contribution in [3.8, 4) is 0 Å². The summed E-state index contributed by atoms with van der Waals surface area (Å²) >= 11 is 0. The molecule has 2 N–H and O–H groups in total. The van der Waals surface area contributed by atoms with Crippen molar-refractivity contribution in [1.29, 1.82) is 0 Å². The van der Waals surface area contributed by atoms with Gasteiger partial charge in [0.1, 0.15) is 0 Å². The van der Waals surface area contributed by atoms with Crippen LogP contribution in [0.1, 0.15) is 0 Å². The van der Waals surface area contributed by atoms with Crippen LogP contribution in [0.15, 0.2) is 0 Å². The number of hydrogen-bond acceptors (Lipinski definition) is 5. The van der Waals surface area contributed by atoms with Crippen molar-refractivity contribution in [3.05, 3.63) is 15.3 Å². The van der Waals surface area contributed by atoms with E-state index < -0.39 is 15.5 Å². The second-order valence-electron chi connectivity index (χ2n) is 0.671. The Morgan fingerprint density at radius 3 is 1.20 bits per heavy atom. The maximum Gasteiger partial charge on any atom is 0.394 e. The fourth-order valence-corrected chi connectivity index (χ4v) is 0. The number of rotatable bonds is 0. The van der Waals surface area contributed by atoms with Crippen LogP contribution in [0.25, 0.3) is 0 Å². The van der Waals surface area contributed by atoms with Crippen LogP contribution in [0.4, 0.5) is 0 Å². The summed E-state index contributed by atoms with van der Waals surface area (Å²) in [6.45, 7) is 0. The number of halogens is 1.